The van der Waals surface area contributed by atoms with Crippen LogP contribution in [0.2, 0.25) is 0 Å². The number of hydrogen-bond acceptors (Lipinski definition) is 1. The first-order valence-corrected chi connectivity index (χ1v) is 5.31. The Morgan fingerprint density at radius 3 is 3.00 bits per heavy atom. The van der Waals surface area contributed by atoms with Gasteiger partial charge in [0, 0.05) is 9.46 Å². The van der Waals surface area contributed by atoms with Crippen molar-refractivity contribution in [1.82, 2.24) is 5.32 Å². The molecule has 0 aromatic rings. The van der Waals surface area contributed by atoms with Crippen LogP contribution in [0.15, 0.2) is 0 Å². The van der Waals surface area contributed by atoms with Gasteiger partial charge in [0.25, 0.3) is 0 Å². The minimum absolute atomic E-state index is 0.649. The maximum absolute atomic E-state index is 3.59. The van der Waals surface area contributed by atoms with Gasteiger partial charge >= 0.3 is 0 Å². The average molecular weight is 251 g/mol. The Kier molecular flexibility index (Phi) is 1.93. The van der Waals surface area contributed by atoms with E-state index < -0.39 is 0 Å². The number of hydrogen-bond donors (Lipinski definition) is 1. The third-order valence-corrected chi connectivity index (χ3v) is 4.72. The van der Waals surface area contributed by atoms with Crippen molar-refractivity contribution in [1.29, 1.82) is 0 Å². The second-order valence-electron chi connectivity index (χ2n) is 3.54. The zero-order valence-electron chi connectivity index (χ0n) is 6.20. The first-order chi connectivity index (χ1) is 4.81. The van der Waals surface area contributed by atoms with E-state index in [-0.39, 0.29) is 0 Å². The van der Waals surface area contributed by atoms with E-state index in [1.54, 1.807) is 0 Å². The first kappa shape index (κ1) is 7.35. The van der Waals surface area contributed by atoms with E-state index in [4.69, 9.17) is 0 Å². The normalized spacial score (nSPS) is 47.1. The summed E-state index contributed by atoms with van der Waals surface area (Å²) in [7, 11) is 0. The van der Waals surface area contributed by atoms with Crippen LogP contribution in [0, 0.1) is 0 Å². The molecule has 1 saturated carbocycles. The molecule has 2 heteroatoms. The first-order valence-electron chi connectivity index (χ1n) is 4.24. The molecule has 0 amide bonds. The SMILES string of the molecule is IC12CCCCC1NCC2. The van der Waals surface area contributed by atoms with E-state index in [2.05, 4.69) is 27.9 Å². The van der Waals surface area contributed by atoms with E-state index in [0.29, 0.717) is 3.42 Å². The second-order valence-corrected chi connectivity index (χ2v) is 5.69. The highest BCUT2D eigenvalue weighted by molar-refractivity contribution is 14.1. The molecule has 1 N–H and O–H groups in total. The summed E-state index contributed by atoms with van der Waals surface area (Å²) in [4.78, 5) is 0. The molecule has 0 bridgehead atoms. The molecule has 1 aliphatic heterocycles. The molecule has 2 fully saturated rings. The molecule has 1 heterocycles. The van der Waals surface area contributed by atoms with Crippen molar-refractivity contribution in [2.75, 3.05) is 6.54 Å². The zero-order chi connectivity index (χ0) is 7.03. The van der Waals surface area contributed by atoms with Crippen molar-refractivity contribution in [2.45, 2.75) is 41.6 Å². The van der Waals surface area contributed by atoms with Gasteiger partial charge < -0.3 is 5.32 Å². The molecule has 2 unspecified atom stereocenters. The Hall–Kier alpha value is 0.690. The van der Waals surface area contributed by atoms with Crippen LogP contribution in [0.5, 0.6) is 0 Å². The summed E-state index contributed by atoms with van der Waals surface area (Å²) in [6.45, 7) is 1.26. The Labute approximate surface area is 76.1 Å². The number of fused-ring (bicyclic) bond motifs is 1. The predicted molar refractivity (Wildman–Crippen MR) is 51.6 cm³/mol. The highest BCUT2D eigenvalue weighted by atomic mass is 127. The standard InChI is InChI=1S/C8H14IN/c9-8-4-2-1-3-7(8)10-6-5-8/h7,10H,1-6H2. The molecule has 1 aliphatic carbocycles. The highest BCUT2D eigenvalue weighted by Gasteiger charge is 2.41. The van der Waals surface area contributed by atoms with Crippen LogP contribution in [-0.4, -0.2) is 16.0 Å². The summed E-state index contributed by atoms with van der Waals surface area (Å²) in [5.74, 6) is 0. The lowest BCUT2D eigenvalue weighted by atomic mass is 9.85. The van der Waals surface area contributed by atoms with Gasteiger partial charge in [-0.2, -0.15) is 0 Å². The number of nitrogens with one attached hydrogen (secondary N) is 1. The summed E-state index contributed by atoms with van der Waals surface area (Å²) in [6, 6.07) is 0.849. The fourth-order valence-corrected chi connectivity index (χ4v) is 3.42. The van der Waals surface area contributed by atoms with E-state index in [9.17, 15) is 0 Å². The van der Waals surface area contributed by atoms with E-state index in [1.165, 1.54) is 38.6 Å². The van der Waals surface area contributed by atoms with Crippen LogP contribution in [0.3, 0.4) is 0 Å². The lowest BCUT2D eigenvalue weighted by Crippen LogP contribution is -2.40. The number of rotatable bonds is 0. The predicted octanol–water partition coefficient (Wildman–Crippen LogP) is 2.10. The van der Waals surface area contributed by atoms with Gasteiger partial charge in [-0.1, -0.05) is 35.4 Å². The van der Waals surface area contributed by atoms with Gasteiger partial charge in [-0.05, 0) is 25.8 Å². The molecule has 2 rings (SSSR count). The Morgan fingerprint density at radius 1 is 1.30 bits per heavy atom. The monoisotopic (exact) mass is 251 g/mol. The molecule has 0 aromatic carbocycles. The Balaban J connectivity index is 2.10. The van der Waals surface area contributed by atoms with Crippen LogP contribution < -0.4 is 5.32 Å². The summed E-state index contributed by atoms with van der Waals surface area (Å²) in [6.07, 6.45) is 7.18. The molecule has 1 nitrogen and oxygen atoms in total. The van der Waals surface area contributed by atoms with Crippen LogP contribution in [0.1, 0.15) is 32.1 Å². The van der Waals surface area contributed by atoms with Crippen molar-refractivity contribution >= 4 is 22.6 Å². The Morgan fingerprint density at radius 2 is 2.20 bits per heavy atom. The quantitative estimate of drug-likeness (QED) is 0.513. The van der Waals surface area contributed by atoms with Gasteiger partial charge in [0.05, 0.1) is 0 Å². The number of halogens is 1. The fraction of sp³-hybridized carbons (Fsp3) is 1.00. The minimum Gasteiger partial charge on any atom is -0.313 e. The van der Waals surface area contributed by atoms with Gasteiger partial charge in [-0.15, -0.1) is 0 Å². The second kappa shape index (κ2) is 2.63. The van der Waals surface area contributed by atoms with Crippen molar-refractivity contribution in [3.63, 3.8) is 0 Å². The van der Waals surface area contributed by atoms with E-state index in [1.807, 2.05) is 0 Å². The molecule has 0 spiro atoms. The topological polar surface area (TPSA) is 12.0 Å². The lowest BCUT2D eigenvalue weighted by molar-refractivity contribution is 0.375. The van der Waals surface area contributed by atoms with Crippen molar-refractivity contribution < 1.29 is 0 Å². The third kappa shape index (κ3) is 1.09. The molecule has 0 aromatic heterocycles. The van der Waals surface area contributed by atoms with Gasteiger partial charge in [-0.25, -0.2) is 0 Å². The van der Waals surface area contributed by atoms with Gasteiger partial charge in [0.2, 0.25) is 0 Å². The molecular formula is C8H14IN. The van der Waals surface area contributed by atoms with Crippen LogP contribution >= 0.6 is 22.6 Å². The molecule has 0 radical (unpaired) electrons. The minimum atomic E-state index is 0.649. The Bertz CT molecular complexity index is 137. The maximum Gasteiger partial charge on any atom is 0.0387 e. The van der Waals surface area contributed by atoms with Crippen molar-refractivity contribution in [2.24, 2.45) is 0 Å². The van der Waals surface area contributed by atoms with Crippen LogP contribution in [0.4, 0.5) is 0 Å². The summed E-state index contributed by atoms with van der Waals surface area (Å²) in [5.41, 5.74) is 0. The van der Waals surface area contributed by atoms with Crippen LogP contribution in [0.25, 0.3) is 0 Å². The fourth-order valence-electron chi connectivity index (χ4n) is 2.24. The van der Waals surface area contributed by atoms with Crippen molar-refractivity contribution in [3.8, 4) is 0 Å². The van der Waals surface area contributed by atoms with E-state index >= 15 is 0 Å². The lowest BCUT2D eigenvalue weighted by Gasteiger charge is -2.33. The molecule has 1 saturated heterocycles. The van der Waals surface area contributed by atoms with Gasteiger partial charge in [-0.3, -0.25) is 0 Å². The smallest absolute Gasteiger partial charge is 0.0387 e. The average Bonchev–Trinajstić information content (AvgIpc) is 2.29. The summed E-state index contributed by atoms with van der Waals surface area (Å²) < 4.78 is 0.649. The highest BCUT2D eigenvalue weighted by Crippen LogP contribution is 2.42. The molecule has 10 heavy (non-hydrogen) atoms. The number of alkyl halides is 1. The largest absolute Gasteiger partial charge is 0.313 e. The molecule has 2 aliphatic rings. The molecule has 2 atom stereocenters. The van der Waals surface area contributed by atoms with Crippen LogP contribution in [-0.2, 0) is 0 Å². The molecule has 58 valence electrons. The van der Waals surface area contributed by atoms with Crippen molar-refractivity contribution in [3.05, 3.63) is 0 Å². The zero-order valence-corrected chi connectivity index (χ0v) is 8.36. The third-order valence-electron chi connectivity index (χ3n) is 2.89. The van der Waals surface area contributed by atoms with E-state index in [0.717, 1.165) is 6.04 Å². The summed E-state index contributed by atoms with van der Waals surface area (Å²) in [5, 5.41) is 3.59. The summed E-state index contributed by atoms with van der Waals surface area (Å²) >= 11 is 2.68. The van der Waals surface area contributed by atoms with Gasteiger partial charge in [0.1, 0.15) is 0 Å². The van der Waals surface area contributed by atoms with Gasteiger partial charge in [0.15, 0.2) is 0 Å². The molecular weight excluding hydrogens is 237 g/mol. The maximum atomic E-state index is 3.59.